The van der Waals surface area contributed by atoms with Crippen molar-refractivity contribution in [3.8, 4) is 0 Å². The lowest BCUT2D eigenvalue weighted by atomic mass is 9.73. The molecular weight excluding hydrogens is 528 g/mol. The van der Waals surface area contributed by atoms with Gasteiger partial charge in [-0.15, -0.1) is 0 Å². The number of halogens is 6. The lowest BCUT2D eigenvalue weighted by Crippen LogP contribution is -2.60. The van der Waals surface area contributed by atoms with Crippen LogP contribution >= 0.6 is 0 Å². The van der Waals surface area contributed by atoms with E-state index in [9.17, 15) is 40.0 Å². The maximum Gasteiger partial charge on any atom is 0.419 e. The van der Waals surface area contributed by atoms with Gasteiger partial charge in [0.2, 0.25) is 5.91 Å². The minimum absolute atomic E-state index is 0.0394. The van der Waals surface area contributed by atoms with Gasteiger partial charge in [0.15, 0.2) is 9.84 Å². The number of nitrogens with two attached hydrogens (primary N) is 1. The van der Waals surface area contributed by atoms with Crippen LogP contribution in [0.5, 0.6) is 0 Å². The van der Waals surface area contributed by atoms with Gasteiger partial charge in [-0.1, -0.05) is 0 Å². The molecule has 37 heavy (non-hydrogen) atoms. The highest BCUT2D eigenvalue weighted by molar-refractivity contribution is 7.90. The summed E-state index contributed by atoms with van der Waals surface area (Å²) in [6.07, 6.45) is -4.25. The number of carbonyl (C=O) groups excluding carboxylic acids is 2. The first-order chi connectivity index (χ1) is 17.1. The lowest BCUT2D eigenvalue weighted by molar-refractivity contribution is -0.140. The number of amides is 2. The summed E-state index contributed by atoms with van der Waals surface area (Å²) < 4.78 is 108. The predicted molar refractivity (Wildman–Crippen MR) is 117 cm³/mol. The summed E-state index contributed by atoms with van der Waals surface area (Å²) in [4.78, 5) is 30.6. The third-order valence-electron chi connectivity index (χ3n) is 6.79. The van der Waals surface area contributed by atoms with Gasteiger partial charge >= 0.3 is 6.18 Å². The molecule has 1 aliphatic heterocycles. The molecule has 0 bridgehead atoms. The molecule has 0 radical (unpaired) electrons. The zero-order valence-corrected chi connectivity index (χ0v) is 20.0. The van der Waals surface area contributed by atoms with E-state index in [1.165, 1.54) is 0 Å². The number of benzene rings is 1. The molecule has 0 spiro atoms. The molecule has 2 amide bonds. The highest BCUT2D eigenvalue weighted by atomic mass is 32.2. The second-order valence-corrected chi connectivity index (χ2v) is 11.4. The highest BCUT2D eigenvalue weighted by Gasteiger charge is 2.61. The first-order valence-electron chi connectivity index (χ1n) is 11.0. The van der Waals surface area contributed by atoms with Crippen LogP contribution in [-0.2, 0) is 20.8 Å². The Balaban J connectivity index is 1.88. The van der Waals surface area contributed by atoms with Crippen molar-refractivity contribution >= 4 is 21.7 Å². The summed E-state index contributed by atoms with van der Waals surface area (Å²) >= 11 is 0. The Labute approximate surface area is 207 Å². The quantitative estimate of drug-likeness (QED) is 0.556. The van der Waals surface area contributed by atoms with Crippen LogP contribution in [0, 0.1) is 17.6 Å². The summed E-state index contributed by atoms with van der Waals surface area (Å²) in [6, 6.07) is 1.24. The van der Waals surface area contributed by atoms with Crippen molar-refractivity contribution < 1.29 is 44.3 Å². The Morgan fingerprint density at radius 3 is 2.32 bits per heavy atom. The minimum Gasteiger partial charge on any atom is -0.368 e. The number of aromatic nitrogens is 1. The number of carbonyl (C=O) groups is 2. The van der Waals surface area contributed by atoms with Crippen LogP contribution in [0.1, 0.15) is 46.7 Å². The first-order valence-corrected chi connectivity index (χ1v) is 12.9. The van der Waals surface area contributed by atoms with Gasteiger partial charge < -0.3 is 10.6 Å². The Hall–Kier alpha value is -3.16. The zero-order valence-electron chi connectivity index (χ0n) is 19.2. The second kappa shape index (κ2) is 8.99. The monoisotopic (exact) mass is 549 g/mol. The van der Waals surface area contributed by atoms with E-state index < -0.39 is 87.1 Å². The fraction of sp³-hybridized carbons (Fsp3) is 0.435. The third-order valence-corrected chi connectivity index (χ3v) is 7.87. The van der Waals surface area contributed by atoms with Gasteiger partial charge in [-0.25, -0.2) is 21.6 Å². The van der Waals surface area contributed by atoms with E-state index in [0.29, 0.717) is 18.9 Å². The molecule has 2 N–H and O–H groups in total. The van der Waals surface area contributed by atoms with Crippen molar-refractivity contribution in [3.63, 3.8) is 0 Å². The summed E-state index contributed by atoms with van der Waals surface area (Å²) in [5.74, 6) is -7.66. The van der Waals surface area contributed by atoms with Crippen molar-refractivity contribution in [1.82, 2.24) is 9.88 Å². The van der Waals surface area contributed by atoms with Crippen molar-refractivity contribution in [2.45, 2.75) is 48.0 Å². The fourth-order valence-electron chi connectivity index (χ4n) is 5.06. The smallest absolute Gasteiger partial charge is 0.368 e. The third kappa shape index (κ3) is 4.78. The second-order valence-electron chi connectivity index (χ2n) is 9.35. The van der Waals surface area contributed by atoms with Crippen molar-refractivity contribution in [1.29, 1.82) is 0 Å². The molecule has 1 aromatic heterocycles. The van der Waals surface area contributed by atoms with E-state index in [1.54, 1.807) is 0 Å². The first kappa shape index (κ1) is 26.9. The maximum atomic E-state index is 15.1. The van der Waals surface area contributed by atoms with E-state index in [2.05, 4.69) is 4.98 Å². The number of nitrogens with zero attached hydrogens (tertiary/aromatic N) is 2. The average molecular weight is 549 g/mol. The summed E-state index contributed by atoms with van der Waals surface area (Å²) in [7, 11) is -3.81. The van der Waals surface area contributed by atoms with Gasteiger partial charge in [0, 0.05) is 31.0 Å². The van der Waals surface area contributed by atoms with Crippen LogP contribution in [-0.4, -0.2) is 54.6 Å². The van der Waals surface area contributed by atoms with Gasteiger partial charge in [-0.2, -0.15) is 13.2 Å². The molecule has 4 rings (SSSR count). The van der Waals surface area contributed by atoms with E-state index in [4.69, 9.17) is 5.73 Å². The average Bonchev–Trinajstić information content (AvgIpc) is 3.56. The number of hydrogen-bond acceptors (Lipinski definition) is 5. The molecule has 1 aromatic carbocycles. The standard InChI is InChI=1S/C23H21F6N3O4S/c1-37(35,36)14-4-12(8-31-9-14)20(33)32-10-13(24)7-22(32,21(30)34)19(11-2-3-11)15-5-18(26)16(6-17(15)25)23(27,28)29/h4-6,8-9,11,13,19H,2-3,7,10H2,1H3,(H2,30,34)/t13?,19-,22+/m1/s1. The Morgan fingerprint density at radius 2 is 1.78 bits per heavy atom. The SMILES string of the molecule is CS(=O)(=O)c1cncc(C(=O)N2CC(F)C[C@@]2(C(N)=O)[C@@H](c2cc(F)c(C(F)(F)F)cc2F)C2CC2)c1. The van der Waals surface area contributed by atoms with Crippen molar-refractivity contribution in [2.24, 2.45) is 11.7 Å². The maximum absolute atomic E-state index is 15.1. The van der Waals surface area contributed by atoms with Gasteiger partial charge in [0.25, 0.3) is 5.91 Å². The number of pyridine rings is 1. The Morgan fingerprint density at radius 1 is 1.14 bits per heavy atom. The molecule has 7 nitrogen and oxygen atoms in total. The van der Waals surface area contributed by atoms with Crippen LogP contribution in [0.3, 0.4) is 0 Å². The van der Waals surface area contributed by atoms with E-state index in [0.717, 1.165) is 29.6 Å². The van der Waals surface area contributed by atoms with Gasteiger partial charge in [0.05, 0.1) is 22.6 Å². The molecule has 1 saturated carbocycles. The van der Waals surface area contributed by atoms with E-state index in [-0.39, 0.29) is 16.5 Å². The zero-order chi connectivity index (χ0) is 27.5. The number of primary amides is 1. The molecule has 2 aromatic rings. The molecule has 200 valence electrons. The molecule has 1 aliphatic carbocycles. The summed E-state index contributed by atoms with van der Waals surface area (Å²) in [6.45, 7) is -0.696. The van der Waals surface area contributed by atoms with Gasteiger partial charge in [-0.05, 0) is 42.5 Å². The van der Waals surface area contributed by atoms with Crippen LogP contribution in [0.15, 0.2) is 35.5 Å². The molecule has 1 unspecified atom stereocenters. The molecule has 2 heterocycles. The molecule has 1 saturated heterocycles. The van der Waals surface area contributed by atoms with E-state index >= 15 is 4.39 Å². The number of sulfone groups is 1. The van der Waals surface area contributed by atoms with Crippen molar-refractivity contribution in [2.75, 3.05) is 12.8 Å². The predicted octanol–water partition coefficient (Wildman–Crippen LogP) is 3.38. The van der Waals surface area contributed by atoms with Crippen LogP contribution in [0.4, 0.5) is 26.3 Å². The van der Waals surface area contributed by atoms with Gasteiger partial charge in [0.1, 0.15) is 23.3 Å². The molecular formula is C23H21F6N3O4S. The van der Waals surface area contributed by atoms with Crippen LogP contribution < -0.4 is 5.73 Å². The van der Waals surface area contributed by atoms with Gasteiger partial charge in [-0.3, -0.25) is 14.6 Å². The molecule has 2 fully saturated rings. The molecule has 3 atom stereocenters. The summed E-state index contributed by atoms with van der Waals surface area (Å²) in [5.41, 5.74) is 0.580. The normalized spacial score (nSPS) is 23.2. The topological polar surface area (TPSA) is 110 Å². The number of rotatable bonds is 6. The molecule has 2 aliphatic rings. The number of likely N-dealkylation sites (tertiary alicyclic amines) is 1. The summed E-state index contributed by atoms with van der Waals surface area (Å²) in [5, 5.41) is 0. The molecule has 14 heteroatoms. The minimum atomic E-state index is -5.20. The highest BCUT2D eigenvalue weighted by Crippen LogP contribution is 2.55. The number of alkyl halides is 4. The lowest BCUT2D eigenvalue weighted by Gasteiger charge is -2.42. The number of hydrogen-bond donors (Lipinski definition) is 1. The Bertz CT molecular complexity index is 1380. The van der Waals surface area contributed by atoms with Crippen LogP contribution in [0.2, 0.25) is 0 Å². The van der Waals surface area contributed by atoms with Crippen LogP contribution in [0.25, 0.3) is 0 Å². The Kier molecular flexibility index (Phi) is 6.54. The van der Waals surface area contributed by atoms with E-state index in [1.807, 2.05) is 0 Å². The van der Waals surface area contributed by atoms with Crippen molar-refractivity contribution in [3.05, 3.63) is 58.9 Å². The largest absolute Gasteiger partial charge is 0.419 e. The fourth-order valence-corrected chi connectivity index (χ4v) is 5.66.